The second-order valence-corrected chi connectivity index (χ2v) is 5.84. The van der Waals surface area contributed by atoms with Gasteiger partial charge in [-0.05, 0) is 18.2 Å². The van der Waals surface area contributed by atoms with E-state index in [0.29, 0.717) is 11.6 Å². The van der Waals surface area contributed by atoms with E-state index < -0.39 is 11.7 Å². The topological polar surface area (TPSA) is 41.1 Å². The van der Waals surface area contributed by atoms with Crippen LogP contribution in [0.15, 0.2) is 22.7 Å². The van der Waals surface area contributed by atoms with E-state index in [4.69, 9.17) is 0 Å². The average Bonchev–Trinajstić information content (AvgIpc) is 2.83. The van der Waals surface area contributed by atoms with Gasteiger partial charge in [0.15, 0.2) is 0 Å². The minimum atomic E-state index is -4.46. The summed E-state index contributed by atoms with van der Waals surface area (Å²) in [5, 5.41) is 5.44. The Bertz CT molecular complexity index is 495. The zero-order chi connectivity index (χ0) is 14.0. The summed E-state index contributed by atoms with van der Waals surface area (Å²) in [5.74, 6) is 0.973. The molecule has 0 aliphatic carbocycles. The molecule has 1 aromatic carbocycles. The quantitative estimate of drug-likeness (QED) is 0.811. The first-order chi connectivity index (χ1) is 8.88. The lowest BCUT2D eigenvalue weighted by Gasteiger charge is -2.14. The zero-order valence-electron chi connectivity index (χ0n) is 9.96. The van der Waals surface area contributed by atoms with Gasteiger partial charge >= 0.3 is 6.18 Å². The normalized spacial score (nSPS) is 18.5. The average molecular weight is 392 g/mol. The molecule has 20 heavy (non-hydrogen) atoms. The van der Waals surface area contributed by atoms with Crippen molar-refractivity contribution in [2.45, 2.75) is 12.2 Å². The molecule has 9 heteroatoms. The Morgan fingerprint density at radius 2 is 2.15 bits per heavy atom. The number of hydrogen-bond acceptors (Lipinski definition) is 3. The number of hydrogen-bond donors (Lipinski definition) is 2. The highest BCUT2D eigenvalue weighted by atomic mass is 79.9. The fraction of sp³-hybridized carbons (Fsp3) is 0.364. The lowest BCUT2D eigenvalue weighted by Crippen LogP contribution is -2.37. The van der Waals surface area contributed by atoms with Crippen molar-refractivity contribution < 1.29 is 18.0 Å². The van der Waals surface area contributed by atoms with Crippen LogP contribution in [0.25, 0.3) is 0 Å². The van der Waals surface area contributed by atoms with Crippen LogP contribution >= 0.6 is 40.1 Å². The molecular formula is C11H11BrClF3N2OS. The van der Waals surface area contributed by atoms with Crippen molar-refractivity contribution in [3.05, 3.63) is 28.2 Å². The van der Waals surface area contributed by atoms with Gasteiger partial charge in [0.25, 0.3) is 0 Å². The summed E-state index contributed by atoms with van der Waals surface area (Å²) >= 11 is 4.42. The van der Waals surface area contributed by atoms with Gasteiger partial charge in [-0.15, -0.1) is 24.2 Å². The molecule has 0 saturated carbocycles. The molecule has 2 rings (SSSR count). The zero-order valence-corrected chi connectivity index (χ0v) is 13.2. The molecule has 3 nitrogen and oxygen atoms in total. The standard InChI is InChI=1S/C11H10BrF3N2OS.ClH/c12-8-2-1-6(3-7(8)11(13,14)15)17-10(18)9-4-19-5-16-9;/h1-3,9,16H,4-5H2,(H,17,18);1H. The number of rotatable bonds is 2. The third kappa shape index (κ3) is 4.28. The molecule has 1 amide bonds. The molecule has 112 valence electrons. The van der Waals surface area contributed by atoms with Crippen LogP contribution in [-0.4, -0.2) is 23.6 Å². The van der Waals surface area contributed by atoms with E-state index >= 15 is 0 Å². The number of nitrogens with one attached hydrogen (secondary N) is 2. The van der Waals surface area contributed by atoms with Crippen molar-refractivity contribution >= 4 is 51.7 Å². The number of alkyl halides is 3. The van der Waals surface area contributed by atoms with E-state index in [1.807, 2.05) is 0 Å². The first-order valence-electron chi connectivity index (χ1n) is 5.36. The maximum atomic E-state index is 12.7. The van der Waals surface area contributed by atoms with Gasteiger partial charge in [0.2, 0.25) is 5.91 Å². The molecule has 0 aromatic heterocycles. The van der Waals surface area contributed by atoms with Crippen LogP contribution in [0.4, 0.5) is 18.9 Å². The molecule has 1 saturated heterocycles. The van der Waals surface area contributed by atoms with Gasteiger partial charge in [0, 0.05) is 21.8 Å². The fourth-order valence-corrected chi connectivity index (χ4v) is 3.03. The number of amides is 1. The first kappa shape index (κ1) is 17.6. The van der Waals surface area contributed by atoms with Crippen molar-refractivity contribution in [3.63, 3.8) is 0 Å². The largest absolute Gasteiger partial charge is 0.417 e. The number of benzene rings is 1. The Labute approximate surface area is 132 Å². The smallest absolute Gasteiger partial charge is 0.325 e. The summed E-state index contributed by atoms with van der Waals surface area (Å²) in [4.78, 5) is 11.8. The molecular weight excluding hydrogens is 381 g/mol. The van der Waals surface area contributed by atoms with Crippen LogP contribution in [0.2, 0.25) is 0 Å². The minimum Gasteiger partial charge on any atom is -0.325 e. The van der Waals surface area contributed by atoms with Crippen LogP contribution in [0.5, 0.6) is 0 Å². The molecule has 2 N–H and O–H groups in total. The summed E-state index contributed by atoms with van der Waals surface area (Å²) in [6, 6.07) is 3.27. The minimum absolute atomic E-state index is 0. The lowest BCUT2D eigenvalue weighted by molar-refractivity contribution is -0.138. The Balaban J connectivity index is 0.00000200. The molecule has 1 aliphatic heterocycles. The van der Waals surface area contributed by atoms with Gasteiger partial charge in [-0.1, -0.05) is 15.9 Å². The monoisotopic (exact) mass is 390 g/mol. The number of halogens is 5. The number of thioether (sulfide) groups is 1. The molecule has 0 spiro atoms. The van der Waals surface area contributed by atoms with Crippen molar-refractivity contribution in [2.24, 2.45) is 0 Å². The van der Waals surface area contributed by atoms with Crippen LogP contribution < -0.4 is 10.6 Å². The lowest BCUT2D eigenvalue weighted by atomic mass is 10.2. The SMILES string of the molecule is Cl.O=C(Nc1ccc(Br)c(C(F)(F)F)c1)C1CSCN1. The third-order valence-electron chi connectivity index (χ3n) is 2.57. The predicted molar refractivity (Wildman–Crippen MR) is 79.3 cm³/mol. The van der Waals surface area contributed by atoms with Gasteiger partial charge in [0.1, 0.15) is 0 Å². The molecule has 1 aromatic rings. The van der Waals surface area contributed by atoms with Crippen molar-refractivity contribution in [3.8, 4) is 0 Å². The van der Waals surface area contributed by atoms with Gasteiger partial charge < -0.3 is 5.32 Å². The van der Waals surface area contributed by atoms with Crippen LogP contribution in [-0.2, 0) is 11.0 Å². The van der Waals surface area contributed by atoms with Crippen LogP contribution in [0, 0.1) is 0 Å². The molecule has 0 radical (unpaired) electrons. The fourth-order valence-electron chi connectivity index (χ4n) is 1.61. The Kier molecular flexibility index (Phi) is 6.18. The summed E-state index contributed by atoms with van der Waals surface area (Å²) in [6.45, 7) is 0. The highest BCUT2D eigenvalue weighted by Gasteiger charge is 2.33. The van der Waals surface area contributed by atoms with Gasteiger partial charge in [-0.25, -0.2) is 0 Å². The third-order valence-corrected chi connectivity index (χ3v) is 4.20. The summed E-state index contributed by atoms with van der Waals surface area (Å²) in [6.07, 6.45) is -4.46. The van der Waals surface area contributed by atoms with Crippen LogP contribution in [0.1, 0.15) is 5.56 Å². The first-order valence-corrected chi connectivity index (χ1v) is 7.31. The van der Waals surface area contributed by atoms with Gasteiger partial charge in [0.05, 0.1) is 11.6 Å². The Morgan fingerprint density at radius 1 is 1.45 bits per heavy atom. The number of carbonyl (C=O) groups is 1. The van der Waals surface area contributed by atoms with E-state index in [0.717, 1.165) is 6.07 Å². The van der Waals surface area contributed by atoms with E-state index in [9.17, 15) is 18.0 Å². The molecule has 1 aliphatic rings. The highest BCUT2D eigenvalue weighted by molar-refractivity contribution is 9.10. The maximum Gasteiger partial charge on any atom is 0.417 e. The maximum absolute atomic E-state index is 12.7. The van der Waals surface area contributed by atoms with Crippen molar-refractivity contribution in [1.82, 2.24) is 5.32 Å². The number of carbonyl (C=O) groups excluding carboxylic acids is 1. The van der Waals surface area contributed by atoms with E-state index in [-0.39, 0.29) is 34.5 Å². The van der Waals surface area contributed by atoms with E-state index in [1.165, 1.54) is 12.1 Å². The Morgan fingerprint density at radius 3 is 2.70 bits per heavy atom. The van der Waals surface area contributed by atoms with Gasteiger partial charge in [-0.3, -0.25) is 10.1 Å². The number of anilines is 1. The molecule has 1 fully saturated rings. The van der Waals surface area contributed by atoms with Crippen LogP contribution in [0.3, 0.4) is 0 Å². The second-order valence-electron chi connectivity index (χ2n) is 3.95. The summed E-state index contributed by atoms with van der Waals surface area (Å²) in [7, 11) is 0. The Hall–Kier alpha value is -0.440. The molecule has 1 atom stereocenters. The second kappa shape index (κ2) is 7.02. The van der Waals surface area contributed by atoms with E-state index in [2.05, 4.69) is 26.6 Å². The van der Waals surface area contributed by atoms with Crippen molar-refractivity contribution in [2.75, 3.05) is 16.9 Å². The summed E-state index contributed by atoms with van der Waals surface area (Å²) < 4.78 is 38.1. The molecule has 1 unspecified atom stereocenters. The molecule has 0 bridgehead atoms. The predicted octanol–water partition coefficient (Wildman–Crippen LogP) is 3.49. The highest BCUT2D eigenvalue weighted by Crippen LogP contribution is 2.36. The summed E-state index contributed by atoms with van der Waals surface area (Å²) in [5.41, 5.74) is -0.668. The van der Waals surface area contributed by atoms with Crippen molar-refractivity contribution in [1.29, 1.82) is 0 Å². The molecule has 1 heterocycles. The van der Waals surface area contributed by atoms with E-state index in [1.54, 1.807) is 11.8 Å². The van der Waals surface area contributed by atoms with Gasteiger partial charge in [-0.2, -0.15) is 13.2 Å².